The van der Waals surface area contributed by atoms with E-state index in [2.05, 4.69) is 32.7 Å². The quantitative estimate of drug-likeness (QED) is 0.815. The summed E-state index contributed by atoms with van der Waals surface area (Å²) in [5.41, 5.74) is 6.32. The Labute approximate surface area is 89.5 Å². The molecule has 3 heteroatoms. The fourth-order valence-corrected chi connectivity index (χ4v) is 3.20. The number of nitrogens with zero attached hydrogens (tertiary/aromatic N) is 1. The molecular weight excluding hydrogens is 192 g/mol. The lowest BCUT2D eigenvalue weighted by molar-refractivity contribution is 0.601. The van der Waals surface area contributed by atoms with E-state index in [1.54, 1.807) is 0 Å². The van der Waals surface area contributed by atoms with Crippen LogP contribution in [-0.4, -0.2) is 11.0 Å². The molecule has 1 fully saturated rings. The zero-order valence-corrected chi connectivity index (χ0v) is 10.1. The van der Waals surface area contributed by atoms with Crippen molar-refractivity contribution in [2.24, 2.45) is 11.1 Å². The zero-order chi connectivity index (χ0) is 10.5. The van der Waals surface area contributed by atoms with Crippen LogP contribution in [-0.2, 0) is 0 Å². The normalized spacial score (nSPS) is 29.6. The van der Waals surface area contributed by atoms with Crippen LogP contribution in [0.15, 0.2) is 6.20 Å². The van der Waals surface area contributed by atoms with Crippen LogP contribution in [0.1, 0.15) is 49.4 Å². The van der Waals surface area contributed by atoms with Gasteiger partial charge in [-0.05, 0) is 5.41 Å². The zero-order valence-electron chi connectivity index (χ0n) is 9.24. The van der Waals surface area contributed by atoms with Crippen molar-refractivity contribution in [2.45, 2.75) is 45.6 Å². The lowest BCUT2D eigenvalue weighted by Crippen LogP contribution is -2.06. The molecular formula is C11H18N2S. The molecule has 0 saturated heterocycles. The van der Waals surface area contributed by atoms with Crippen LogP contribution < -0.4 is 5.73 Å². The molecule has 2 atom stereocenters. The summed E-state index contributed by atoms with van der Waals surface area (Å²) >= 11 is 1.83. The molecule has 0 amide bonds. The number of hydrogen-bond acceptors (Lipinski definition) is 3. The molecule has 1 heterocycles. The second kappa shape index (κ2) is 3.04. The SMILES string of the molecule is CC(C)c1ncc([C@@H]2[C@@H](N)C2(C)C)s1. The molecule has 0 aliphatic heterocycles. The molecule has 0 unspecified atom stereocenters. The highest BCUT2D eigenvalue weighted by molar-refractivity contribution is 7.11. The van der Waals surface area contributed by atoms with Gasteiger partial charge in [-0.25, -0.2) is 4.98 Å². The maximum absolute atomic E-state index is 6.04. The molecule has 1 aliphatic carbocycles. The van der Waals surface area contributed by atoms with Gasteiger partial charge < -0.3 is 5.73 Å². The van der Waals surface area contributed by atoms with Gasteiger partial charge in [0.25, 0.3) is 0 Å². The molecule has 1 aromatic heterocycles. The Morgan fingerprint density at radius 3 is 2.43 bits per heavy atom. The molecule has 0 radical (unpaired) electrons. The van der Waals surface area contributed by atoms with E-state index in [0.29, 0.717) is 17.9 Å². The average molecular weight is 210 g/mol. The molecule has 0 aromatic carbocycles. The van der Waals surface area contributed by atoms with E-state index in [9.17, 15) is 0 Å². The van der Waals surface area contributed by atoms with Gasteiger partial charge in [-0.2, -0.15) is 0 Å². The lowest BCUT2D eigenvalue weighted by atomic mass is 10.1. The van der Waals surface area contributed by atoms with Crippen molar-refractivity contribution in [3.63, 3.8) is 0 Å². The summed E-state index contributed by atoms with van der Waals surface area (Å²) in [6.45, 7) is 8.83. The largest absolute Gasteiger partial charge is 0.327 e. The van der Waals surface area contributed by atoms with Gasteiger partial charge in [-0.1, -0.05) is 27.7 Å². The highest BCUT2D eigenvalue weighted by atomic mass is 32.1. The van der Waals surface area contributed by atoms with Crippen LogP contribution in [0.2, 0.25) is 0 Å². The van der Waals surface area contributed by atoms with Gasteiger partial charge in [0.2, 0.25) is 0 Å². The number of thiazole rings is 1. The molecule has 0 bridgehead atoms. The first-order valence-electron chi connectivity index (χ1n) is 5.15. The Morgan fingerprint density at radius 1 is 1.50 bits per heavy atom. The first-order chi connectivity index (χ1) is 6.44. The van der Waals surface area contributed by atoms with Crippen LogP contribution in [0.25, 0.3) is 0 Å². The fourth-order valence-electron chi connectivity index (χ4n) is 1.93. The summed E-state index contributed by atoms with van der Waals surface area (Å²) in [7, 11) is 0. The second-order valence-electron chi connectivity index (χ2n) is 5.08. The maximum Gasteiger partial charge on any atom is 0.0953 e. The number of rotatable bonds is 2. The molecule has 2 nitrogen and oxygen atoms in total. The summed E-state index contributed by atoms with van der Waals surface area (Å²) in [5.74, 6) is 1.07. The monoisotopic (exact) mass is 210 g/mol. The minimum Gasteiger partial charge on any atom is -0.327 e. The summed E-state index contributed by atoms with van der Waals surface area (Å²) in [6.07, 6.45) is 2.01. The van der Waals surface area contributed by atoms with Crippen molar-refractivity contribution < 1.29 is 0 Å². The Morgan fingerprint density at radius 2 is 2.07 bits per heavy atom. The van der Waals surface area contributed by atoms with E-state index in [1.165, 1.54) is 9.88 Å². The predicted octanol–water partition coefficient (Wildman–Crippen LogP) is 2.72. The summed E-state index contributed by atoms with van der Waals surface area (Å²) < 4.78 is 0. The van der Waals surface area contributed by atoms with Crippen LogP contribution in [0.5, 0.6) is 0 Å². The van der Waals surface area contributed by atoms with Crippen LogP contribution in [0.4, 0.5) is 0 Å². The van der Waals surface area contributed by atoms with Crippen molar-refractivity contribution in [1.29, 1.82) is 0 Å². The predicted molar refractivity (Wildman–Crippen MR) is 60.7 cm³/mol. The Balaban J connectivity index is 2.20. The standard InChI is InChI=1S/C11H18N2S/c1-6(2)10-13-5-7(14-10)8-9(12)11(8,3)4/h5-6,8-9H,12H2,1-4H3/t8-,9-/m1/s1. The number of hydrogen-bond donors (Lipinski definition) is 1. The van der Waals surface area contributed by atoms with E-state index in [1.807, 2.05) is 17.5 Å². The van der Waals surface area contributed by atoms with Gasteiger partial charge in [0.05, 0.1) is 5.01 Å². The summed E-state index contributed by atoms with van der Waals surface area (Å²) in [4.78, 5) is 5.81. The average Bonchev–Trinajstić information content (AvgIpc) is 2.55. The number of aromatic nitrogens is 1. The highest BCUT2D eigenvalue weighted by Gasteiger charge is 2.57. The third-order valence-electron chi connectivity index (χ3n) is 3.25. The molecule has 2 N–H and O–H groups in total. The third kappa shape index (κ3) is 1.39. The Bertz CT molecular complexity index is 341. The Kier molecular flexibility index (Phi) is 2.20. The smallest absolute Gasteiger partial charge is 0.0953 e. The van der Waals surface area contributed by atoms with Crippen molar-refractivity contribution in [3.05, 3.63) is 16.1 Å². The van der Waals surface area contributed by atoms with Gasteiger partial charge in [-0.15, -0.1) is 11.3 Å². The minimum absolute atomic E-state index is 0.279. The molecule has 0 spiro atoms. The van der Waals surface area contributed by atoms with Crippen LogP contribution in [0.3, 0.4) is 0 Å². The van der Waals surface area contributed by atoms with E-state index in [0.717, 1.165) is 0 Å². The number of nitrogens with two attached hydrogens (primary N) is 1. The van der Waals surface area contributed by atoms with Crippen molar-refractivity contribution in [1.82, 2.24) is 4.98 Å². The summed E-state index contributed by atoms with van der Waals surface area (Å²) in [5, 5.41) is 1.23. The topological polar surface area (TPSA) is 38.9 Å². The first-order valence-corrected chi connectivity index (χ1v) is 5.97. The third-order valence-corrected chi connectivity index (χ3v) is 4.63. The fraction of sp³-hybridized carbons (Fsp3) is 0.727. The second-order valence-corrected chi connectivity index (χ2v) is 6.17. The molecule has 1 saturated carbocycles. The minimum atomic E-state index is 0.279. The van der Waals surface area contributed by atoms with Crippen LogP contribution in [0, 0.1) is 5.41 Å². The first kappa shape index (κ1) is 10.1. The van der Waals surface area contributed by atoms with Gasteiger partial charge in [0, 0.05) is 29.0 Å². The van der Waals surface area contributed by atoms with Crippen molar-refractivity contribution >= 4 is 11.3 Å². The van der Waals surface area contributed by atoms with Gasteiger partial charge >= 0.3 is 0 Å². The van der Waals surface area contributed by atoms with Gasteiger partial charge in [0.15, 0.2) is 0 Å². The molecule has 2 rings (SSSR count). The van der Waals surface area contributed by atoms with E-state index in [-0.39, 0.29) is 5.41 Å². The van der Waals surface area contributed by atoms with Crippen molar-refractivity contribution in [3.8, 4) is 0 Å². The van der Waals surface area contributed by atoms with E-state index < -0.39 is 0 Å². The highest BCUT2D eigenvalue weighted by Crippen LogP contribution is 2.58. The molecule has 1 aromatic rings. The van der Waals surface area contributed by atoms with E-state index in [4.69, 9.17) is 5.73 Å². The molecule has 14 heavy (non-hydrogen) atoms. The molecule has 1 aliphatic rings. The van der Waals surface area contributed by atoms with Crippen LogP contribution >= 0.6 is 11.3 Å². The van der Waals surface area contributed by atoms with Crippen molar-refractivity contribution in [2.75, 3.05) is 0 Å². The van der Waals surface area contributed by atoms with E-state index >= 15 is 0 Å². The lowest BCUT2D eigenvalue weighted by Gasteiger charge is -1.98. The molecule has 78 valence electrons. The van der Waals surface area contributed by atoms with Gasteiger partial charge in [-0.3, -0.25) is 0 Å². The summed E-state index contributed by atoms with van der Waals surface area (Å²) in [6, 6.07) is 0.322. The maximum atomic E-state index is 6.04. The van der Waals surface area contributed by atoms with Gasteiger partial charge in [0.1, 0.15) is 0 Å². The Hall–Kier alpha value is -0.410.